The van der Waals surface area contributed by atoms with Crippen molar-refractivity contribution >= 4 is 39.5 Å². The molecule has 3 aromatic heterocycles. The van der Waals surface area contributed by atoms with Crippen molar-refractivity contribution in [2.24, 2.45) is 0 Å². The summed E-state index contributed by atoms with van der Waals surface area (Å²) in [5.74, 6) is -0.976. The van der Waals surface area contributed by atoms with E-state index in [1.807, 2.05) is 35.0 Å². The number of halogens is 1. The molecule has 1 aliphatic carbocycles. The first kappa shape index (κ1) is 38.6. The van der Waals surface area contributed by atoms with Crippen LogP contribution in [0.4, 0.5) is 4.70 Å². The average Bonchev–Trinajstić information content (AvgIpc) is 3.83. The van der Waals surface area contributed by atoms with Gasteiger partial charge in [0, 0.05) is 37.2 Å². The molecule has 0 aliphatic heterocycles. The summed E-state index contributed by atoms with van der Waals surface area (Å²) in [4.78, 5) is 30.7. The number of H-pyrrole nitrogens is 1. The molecule has 1 atom stereocenters. The normalized spacial score (nSPS) is 17.3. The molecule has 13 heteroatoms. The number of aliphatic hydroxyl groups excluding tert-OH is 1. The molecule has 5 rings (SSSR count). The van der Waals surface area contributed by atoms with Crippen LogP contribution in [-0.2, 0) is 19.9 Å². The van der Waals surface area contributed by atoms with Gasteiger partial charge in [0.15, 0.2) is 0 Å². The smallest absolute Gasteiger partial charge is 0.347 e. The van der Waals surface area contributed by atoms with Crippen LogP contribution in [0.2, 0.25) is 0 Å². The lowest BCUT2D eigenvalue weighted by Crippen LogP contribution is -2.44. The van der Waals surface area contributed by atoms with E-state index in [9.17, 15) is 24.9 Å². The number of carboxylic acid groups (broad SMARTS) is 1. The van der Waals surface area contributed by atoms with Gasteiger partial charge in [-0.2, -0.15) is 0 Å². The number of thiophene rings is 2. The topological polar surface area (TPSA) is 144 Å². The summed E-state index contributed by atoms with van der Waals surface area (Å²) < 4.78 is 12.5. The molecule has 0 bridgehead atoms. The number of carboxylic acids is 1. The van der Waals surface area contributed by atoms with Crippen molar-refractivity contribution in [2.75, 3.05) is 39.9 Å². The largest absolute Gasteiger partial charge is 0.506 e. The number of ether oxygens (including phenoxy) is 2. The minimum atomic E-state index is -1.45. The predicted molar refractivity (Wildman–Crippen MR) is 193 cm³/mol. The van der Waals surface area contributed by atoms with Crippen LogP contribution in [0.25, 0.3) is 10.9 Å². The first-order valence-electron chi connectivity index (χ1n) is 16.8. The first-order chi connectivity index (χ1) is 23.3. The van der Waals surface area contributed by atoms with E-state index in [1.165, 1.54) is 34.8 Å². The number of phenolic OH excluding ortho intramolecular Hbond substituents is 1. The molecule has 5 N–H and O–H groups in total. The van der Waals surface area contributed by atoms with Crippen LogP contribution in [0.1, 0.15) is 72.8 Å². The zero-order valence-corrected chi connectivity index (χ0v) is 29.5. The number of fused-ring (bicyclic) bond motifs is 1. The van der Waals surface area contributed by atoms with Gasteiger partial charge in [0.1, 0.15) is 5.75 Å². The molecule has 0 spiro atoms. The Morgan fingerprint density at radius 3 is 2.35 bits per heavy atom. The summed E-state index contributed by atoms with van der Waals surface area (Å²) in [5.41, 5.74) is -0.745. The van der Waals surface area contributed by atoms with Gasteiger partial charge in [-0.3, -0.25) is 9.50 Å². The van der Waals surface area contributed by atoms with E-state index in [1.54, 1.807) is 12.1 Å². The van der Waals surface area contributed by atoms with Gasteiger partial charge in [-0.05, 0) is 92.7 Å². The summed E-state index contributed by atoms with van der Waals surface area (Å²) in [6.07, 6.45) is 6.87. The van der Waals surface area contributed by atoms with Crippen LogP contribution in [0.3, 0.4) is 0 Å². The van der Waals surface area contributed by atoms with Gasteiger partial charge in [0.05, 0.1) is 34.1 Å². The summed E-state index contributed by atoms with van der Waals surface area (Å²) in [7, 11) is 2.14. The molecule has 0 unspecified atom stereocenters. The molecule has 4 aromatic rings. The highest BCUT2D eigenvalue weighted by molar-refractivity contribution is 7.12. The number of carbonyl (C=O) groups is 1. The highest BCUT2D eigenvalue weighted by atomic mass is 32.1. The quantitative estimate of drug-likeness (QED) is 0.0739. The second-order valence-corrected chi connectivity index (χ2v) is 14.4. The first-order valence-corrected chi connectivity index (χ1v) is 18.6. The molecule has 0 radical (unpaired) electrons. The minimum absolute atomic E-state index is 0. The number of unbranched alkanes of at least 4 members (excludes halogenated alkanes) is 3. The van der Waals surface area contributed by atoms with Gasteiger partial charge in [-0.15, -0.1) is 22.7 Å². The Balaban J connectivity index is 0.00000541. The Kier molecular flexibility index (Phi) is 14.8. The highest BCUT2D eigenvalue weighted by Crippen LogP contribution is 2.42. The van der Waals surface area contributed by atoms with Crippen LogP contribution < -0.4 is 10.9 Å². The fraction of sp³-hybridized carbons (Fsp3) is 0.500. The van der Waals surface area contributed by atoms with Gasteiger partial charge in [0.25, 0.3) is 0 Å². The molecule has 268 valence electrons. The highest BCUT2D eigenvalue weighted by Gasteiger charge is 2.48. The number of aliphatic carboxylic acids is 1. The van der Waals surface area contributed by atoms with Crippen LogP contribution in [0.15, 0.2) is 64.1 Å². The summed E-state index contributed by atoms with van der Waals surface area (Å²) in [5, 5.41) is 38.9. The Morgan fingerprint density at radius 2 is 1.69 bits per heavy atom. The molecule has 3 heterocycles. The maximum absolute atomic E-state index is 12.7. The minimum Gasteiger partial charge on any atom is -0.506 e. The maximum Gasteiger partial charge on any atom is 0.347 e. The van der Waals surface area contributed by atoms with Gasteiger partial charge in [-0.25, -0.2) is 4.79 Å². The van der Waals surface area contributed by atoms with Gasteiger partial charge in [0.2, 0.25) is 11.2 Å². The molecular weight excluding hydrogens is 670 g/mol. The molecular formula is C36H48FN3O7S2. The van der Waals surface area contributed by atoms with Crippen LogP contribution in [0, 0.1) is 0 Å². The zero-order valence-electron chi connectivity index (χ0n) is 27.8. The fourth-order valence-electron chi connectivity index (χ4n) is 6.51. The van der Waals surface area contributed by atoms with Gasteiger partial charge in [-0.1, -0.05) is 31.0 Å². The van der Waals surface area contributed by atoms with Crippen molar-refractivity contribution in [3.05, 3.63) is 85.0 Å². The van der Waals surface area contributed by atoms with E-state index in [-0.39, 0.29) is 22.1 Å². The van der Waals surface area contributed by atoms with Crippen molar-refractivity contribution in [2.45, 2.75) is 75.2 Å². The number of aliphatic hydroxyl groups is 1. The van der Waals surface area contributed by atoms with Crippen LogP contribution in [-0.4, -0.2) is 83.2 Å². The number of phenols is 1. The number of nitrogens with one attached hydrogen (secondary N) is 2. The lowest BCUT2D eigenvalue weighted by Gasteiger charge is -2.38. The predicted octanol–water partition coefficient (Wildman–Crippen LogP) is 6.00. The van der Waals surface area contributed by atoms with E-state index < -0.39 is 17.7 Å². The number of benzene rings is 1. The Morgan fingerprint density at radius 1 is 1.00 bits per heavy atom. The maximum atomic E-state index is 12.7. The Bertz CT molecular complexity index is 1590. The third kappa shape index (κ3) is 9.75. The van der Waals surface area contributed by atoms with Crippen molar-refractivity contribution in [3.63, 3.8) is 0 Å². The number of hydrogen-bond donors (Lipinski definition) is 5. The number of hydrogen-bond acceptors (Lipinski definition) is 10. The van der Waals surface area contributed by atoms with Gasteiger partial charge < -0.3 is 40.0 Å². The second kappa shape index (κ2) is 18.7. The number of rotatable bonds is 19. The fourth-order valence-corrected chi connectivity index (χ4v) is 8.32. The van der Waals surface area contributed by atoms with E-state index in [2.05, 4.69) is 22.2 Å². The molecule has 1 saturated carbocycles. The van der Waals surface area contributed by atoms with Crippen LogP contribution in [0.5, 0.6) is 5.75 Å². The van der Waals surface area contributed by atoms with Crippen molar-refractivity contribution in [1.82, 2.24) is 15.2 Å². The summed E-state index contributed by atoms with van der Waals surface area (Å²) in [6.45, 7) is 3.46. The van der Waals surface area contributed by atoms with Gasteiger partial charge >= 0.3 is 5.97 Å². The third-order valence-corrected chi connectivity index (χ3v) is 11.2. The van der Waals surface area contributed by atoms with E-state index in [0.29, 0.717) is 45.4 Å². The summed E-state index contributed by atoms with van der Waals surface area (Å²) >= 11 is 2.85. The van der Waals surface area contributed by atoms with E-state index >= 15 is 0 Å². The number of pyridine rings is 1. The van der Waals surface area contributed by atoms with E-state index in [0.717, 1.165) is 71.1 Å². The molecule has 1 aromatic carbocycles. The molecule has 0 saturated heterocycles. The lowest BCUT2D eigenvalue weighted by molar-refractivity contribution is -0.170. The van der Waals surface area contributed by atoms with Crippen LogP contribution >= 0.6 is 22.7 Å². The standard InChI is InChI=1S/C36H47N3O7S2.FH/c1-39(25-10-12-26(13-11-25)46-36(35(43)44,31-8-6-22-47-31)32-9-7-23-48-32)19-21-45-20-5-3-2-4-18-37-24-30(41)27-14-16-29(40)34-28(27)15-17-33(42)38-34;/h6-9,14-17,22-23,25-26,30,37,40-41H,2-5,10-13,18-21,24H2,1H3,(H,38,42)(H,43,44);1H/t25-,26-,30-;/m0./s1. The number of likely N-dealkylation sites (N-methyl/N-ethyl adjacent to an activating group) is 1. The lowest BCUT2D eigenvalue weighted by atomic mass is 9.90. The number of nitrogens with zero attached hydrogens (tertiary/aromatic N) is 1. The van der Waals surface area contributed by atoms with Crippen molar-refractivity contribution < 1.29 is 34.3 Å². The number of aromatic amines is 1. The monoisotopic (exact) mass is 717 g/mol. The molecule has 1 fully saturated rings. The van der Waals surface area contributed by atoms with E-state index in [4.69, 9.17) is 9.47 Å². The third-order valence-electron chi connectivity index (χ3n) is 9.23. The molecule has 0 amide bonds. The molecule has 10 nitrogen and oxygen atoms in total. The van der Waals surface area contributed by atoms with Crippen molar-refractivity contribution in [1.29, 1.82) is 0 Å². The second-order valence-electron chi connectivity index (χ2n) is 12.5. The summed E-state index contributed by atoms with van der Waals surface area (Å²) in [6, 6.07) is 14.1. The average molecular weight is 718 g/mol. The number of aromatic nitrogens is 1. The molecule has 1 aliphatic rings. The molecule has 49 heavy (non-hydrogen) atoms. The van der Waals surface area contributed by atoms with Crippen molar-refractivity contribution in [3.8, 4) is 5.75 Å². The Hall–Kier alpha value is -3.17. The Labute approximate surface area is 294 Å². The number of aromatic hydroxyl groups is 1. The zero-order chi connectivity index (χ0) is 33.9. The SMILES string of the molecule is CN(CCOCCCCCCNC[C@H](O)c1ccc(O)c2[nH]c(=O)ccc12)[C@H]1CC[C@H](OC(C(=O)O)(c2cccs2)c2cccs2)CC1.F.